The van der Waals surface area contributed by atoms with Crippen LogP contribution in [0.5, 0.6) is 5.75 Å². The molecule has 0 radical (unpaired) electrons. The van der Waals surface area contributed by atoms with Crippen LogP contribution in [-0.2, 0) is 11.4 Å². The fourth-order valence-electron chi connectivity index (χ4n) is 2.10. The number of nitrogens with zero attached hydrogens (tertiary/aromatic N) is 1. The van der Waals surface area contributed by atoms with Gasteiger partial charge in [0.25, 0.3) is 5.91 Å². The molecule has 108 valence electrons. The van der Waals surface area contributed by atoms with Gasteiger partial charge in [-0.1, -0.05) is 36.4 Å². The lowest BCUT2D eigenvalue weighted by atomic mass is 10.1. The summed E-state index contributed by atoms with van der Waals surface area (Å²) in [5.41, 5.74) is 1.70. The molecule has 0 unspecified atom stereocenters. The fourth-order valence-corrected chi connectivity index (χ4v) is 2.10. The van der Waals surface area contributed by atoms with E-state index < -0.39 is 0 Å². The van der Waals surface area contributed by atoms with E-state index in [0.29, 0.717) is 13.2 Å². The average molecular weight is 282 g/mol. The monoisotopic (exact) mass is 282 g/mol. The van der Waals surface area contributed by atoms with Crippen molar-refractivity contribution in [2.75, 3.05) is 11.4 Å². The number of hydrogen-bond acceptors (Lipinski definition) is 3. The average Bonchev–Trinajstić information content (AvgIpc) is 2.55. The van der Waals surface area contributed by atoms with Gasteiger partial charge in [-0.15, -0.1) is 0 Å². The van der Waals surface area contributed by atoms with Gasteiger partial charge in [-0.05, 0) is 25.1 Å². The summed E-state index contributed by atoms with van der Waals surface area (Å²) in [6.07, 6.45) is 0.832. The van der Waals surface area contributed by atoms with Gasteiger partial charge in [-0.3, -0.25) is 4.79 Å². The van der Waals surface area contributed by atoms with Crippen molar-refractivity contribution in [3.63, 3.8) is 0 Å². The molecule has 0 fully saturated rings. The first-order chi connectivity index (χ1) is 10.3. The van der Waals surface area contributed by atoms with Gasteiger partial charge in [0.15, 0.2) is 0 Å². The van der Waals surface area contributed by atoms with Gasteiger partial charge in [-0.25, -0.2) is 0 Å². The molecule has 0 aliphatic heterocycles. The van der Waals surface area contributed by atoms with Crippen LogP contribution in [0.15, 0.2) is 54.6 Å². The second-order valence-corrected chi connectivity index (χ2v) is 4.46. The highest BCUT2D eigenvalue weighted by molar-refractivity contribution is 6.31. The summed E-state index contributed by atoms with van der Waals surface area (Å²) >= 11 is 0. The lowest BCUT2D eigenvalue weighted by Crippen LogP contribution is -2.32. The van der Waals surface area contributed by atoms with Crippen molar-refractivity contribution in [3.05, 3.63) is 60.2 Å². The van der Waals surface area contributed by atoms with E-state index in [-0.39, 0.29) is 5.91 Å². The third-order valence-electron chi connectivity index (χ3n) is 3.13. The molecule has 2 rings (SSSR count). The number of carbonyl (C=O) groups is 1. The molecular weight excluding hydrogens is 264 g/mol. The molecule has 21 heavy (non-hydrogen) atoms. The lowest BCUT2D eigenvalue weighted by Gasteiger charge is -2.22. The summed E-state index contributed by atoms with van der Waals surface area (Å²) in [6, 6.07) is 17.1. The molecule has 0 saturated heterocycles. The van der Waals surface area contributed by atoms with Crippen LogP contribution in [0.25, 0.3) is 0 Å². The summed E-state index contributed by atoms with van der Waals surface area (Å²) in [6.45, 7) is 2.77. The summed E-state index contributed by atoms with van der Waals surface area (Å²) < 4.78 is 5.75. The van der Waals surface area contributed by atoms with Gasteiger partial charge in [-0.2, -0.15) is 0 Å². The molecule has 0 bridgehead atoms. The van der Waals surface area contributed by atoms with Gasteiger partial charge < -0.3 is 15.0 Å². The second kappa shape index (κ2) is 7.24. The maximum absolute atomic E-state index is 11.8. The van der Waals surface area contributed by atoms with Gasteiger partial charge >= 0.3 is 0 Å². The molecule has 0 spiro atoms. The predicted molar refractivity (Wildman–Crippen MR) is 84.0 cm³/mol. The topological polar surface area (TPSA) is 53.4 Å². The molecular formula is C17H18N2O2. The first-order valence-corrected chi connectivity index (χ1v) is 6.84. The lowest BCUT2D eigenvalue weighted by molar-refractivity contribution is -0.112. The molecule has 0 atom stereocenters. The van der Waals surface area contributed by atoms with Crippen molar-refractivity contribution in [2.24, 2.45) is 0 Å². The summed E-state index contributed by atoms with van der Waals surface area (Å²) in [5.74, 6) is 0.457. The molecule has 0 aromatic heterocycles. The predicted octanol–water partition coefficient (Wildman–Crippen LogP) is 3.27. The van der Waals surface area contributed by atoms with E-state index in [1.54, 1.807) is 4.90 Å². The third kappa shape index (κ3) is 3.69. The summed E-state index contributed by atoms with van der Waals surface area (Å²) in [4.78, 5) is 13.4. The van der Waals surface area contributed by atoms with E-state index in [9.17, 15) is 4.79 Å². The van der Waals surface area contributed by atoms with Crippen LogP contribution in [0.1, 0.15) is 12.5 Å². The Morgan fingerprint density at radius 3 is 2.48 bits per heavy atom. The van der Waals surface area contributed by atoms with Gasteiger partial charge in [0, 0.05) is 12.1 Å². The minimum Gasteiger partial charge on any atom is -0.489 e. The Morgan fingerprint density at radius 2 is 1.81 bits per heavy atom. The molecule has 4 nitrogen and oxygen atoms in total. The highest BCUT2D eigenvalue weighted by Crippen LogP contribution is 2.22. The molecule has 2 aromatic rings. The number of rotatable bonds is 6. The highest BCUT2D eigenvalue weighted by Gasteiger charge is 2.15. The maximum Gasteiger partial charge on any atom is 0.268 e. The molecule has 0 saturated carbocycles. The van der Waals surface area contributed by atoms with Crippen LogP contribution in [0, 0.1) is 5.41 Å². The number of anilines is 1. The highest BCUT2D eigenvalue weighted by atomic mass is 16.5. The molecule has 0 heterocycles. The number of carbonyl (C=O) groups excluding carboxylic acids is 1. The number of para-hydroxylation sites is 2. The molecule has 4 heteroatoms. The van der Waals surface area contributed by atoms with E-state index in [1.165, 1.54) is 0 Å². The Kier molecular flexibility index (Phi) is 5.10. The van der Waals surface area contributed by atoms with Gasteiger partial charge in [0.2, 0.25) is 0 Å². The van der Waals surface area contributed by atoms with Crippen LogP contribution >= 0.6 is 0 Å². The Bertz CT molecular complexity index is 611. The van der Waals surface area contributed by atoms with E-state index >= 15 is 0 Å². The van der Waals surface area contributed by atoms with Gasteiger partial charge in [0.05, 0.1) is 11.9 Å². The largest absolute Gasteiger partial charge is 0.489 e. The minimum absolute atomic E-state index is 0.329. The van der Waals surface area contributed by atoms with Crippen LogP contribution in [0.2, 0.25) is 0 Å². The van der Waals surface area contributed by atoms with E-state index in [4.69, 9.17) is 10.1 Å². The zero-order valence-corrected chi connectivity index (χ0v) is 12.0. The van der Waals surface area contributed by atoms with Gasteiger partial charge in [0.1, 0.15) is 12.4 Å². The number of nitrogens with one attached hydrogen (secondary N) is 1. The standard InChI is InChI=1S/C17H18N2O2/c1-2-19(17(20)12-18)16-11-7-6-8-14(16)13-21-15-9-4-3-5-10-15/h3-12,18H,2,13H2,1H3. The smallest absolute Gasteiger partial charge is 0.268 e. The number of amides is 1. The molecule has 1 N–H and O–H groups in total. The number of benzene rings is 2. The first kappa shape index (κ1) is 14.8. The zero-order valence-electron chi connectivity index (χ0n) is 12.0. The molecule has 1 amide bonds. The summed E-state index contributed by atoms with van der Waals surface area (Å²) in [5, 5.41) is 7.15. The Labute approximate surface area is 124 Å². The quantitative estimate of drug-likeness (QED) is 0.827. The zero-order chi connectivity index (χ0) is 15.1. The Hall–Kier alpha value is -2.62. The Morgan fingerprint density at radius 1 is 1.14 bits per heavy atom. The van der Waals surface area contributed by atoms with Crippen molar-refractivity contribution < 1.29 is 9.53 Å². The van der Waals surface area contributed by atoms with Crippen molar-refractivity contribution in [1.29, 1.82) is 5.41 Å². The van der Waals surface area contributed by atoms with Crippen molar-refractivity contribution >= 4 is 17.8 Å². The normalized spacial score (nSPS) is 9.95. The number of ether oxygens (including phenoxy) is 1. The SMILES string of the molecule is CCN(C(=O)C=N)c1ccccc1COc1ccccc1. The molecule has 0 aliphatic rings. The van der Waals surface area contributed by atoms with Crippen LogP contribution in [0.4, 0.5) is 5.69 Å². The van der Waals surface area contributed by atoms with Crippen LogP contribution in [-0.4, -0.2) is 18.7 Å². The van der Waals surface area contributed by atoms with Crippen molar-refractivity contribution in [3.8, 4) is 5.75 Å². The number of hydrogen-bond donors (Lipinski definition) is 1. The Balaban J connectivity index is 2.20. The molecule has 0 aliphatic carbocycles. The van der Waals surface area contributed by atoms with E-state index in [1.807, 2.05) is 61.5 Å². The third-order valence-corrected chi connectivity index (χ3v) is 3.13. The van der Waals surface area contributed by atoms with Crippen molar-refractivity contribution in [1.82, 2.24) is 0 Å². The molecule has 2 aromatic carbocycles. The summed E-state index contributed by atoms with van der Waals surface area (Å²) in [7, 11) is 0. The van der Waals surface area contributed by atoms with Crippen LogP contribution < -0.4 is 9.64 Å². The minimum atomic E-state index is -0.329. The fraction of sp³-hybridized carbons (Fsp3) is 0.176. The second-order valence-electron chi connectivity index (χ2n) is 4.46. The maximum atomic E-state index is 11.8. The first-order valence-electron chi connectivity index (χ1n) is 6.84. The van der Waals surface area contributed by atoms with Crippen LogP contribution in [0.3, 0.4) is 0 Å². The van der Waals surface area contributed by atoms with E-state index in [0.717, 1.165) is 23.2 Å². The van der Waals surface area contributed by atoms with Crippen molar-refractivity contribution in [2.45, 2.75) is 13.5 Å². The van der Waals surface area contributed by atoms with E-state index in [2.05, 4.69) is 0 Å².